The molecule has 0 spiro atoms. The van der Waals surface area contributed by atoms with Gasteiger partial charge in [-0.3, -0.25) is 4.98 Å². The number of fused-ring (bicyclic) bond motifs is 7. The largest absolute Gasteiger partial charge is 0.500 e. The Morgan fingerprint density at radius 2 is 1.45 bits per heavy atom. The minimum absolute atomic E-state index is 0. The summed E-state index contributed by atoms with van der Waals surface area (Å²) in [5.74, 6) is 0. The van der Waals surface area contributed by atoms with Crippen molar-refractivity contribution in [3.05, 3.63) is 139 Å². The summed E-state index contributed by atoms with van der Waals surface area (Å²) in [6.45, 7) is 10.5. The monoisotopic (exact) mass is 821 g/mol. The topological polar surface area (TPSA) is 51.8 Å². The Labute approximate surface area is 306 Å². The van der Waals surface area contributed by atoms with Gasteiger partial charge in [0.1, 0.15) is 11.9 Å². The van der Waals surface area contributed by atoms with Gasteiger partial charge >= 0.3 is 0 Å². The Morgan fingerprint density at radius 3 is 2.16 bits per heavy atom. The van der Waals surface area contributed by atoms with Crippen molar-refractivity contribution in [1.82, 2.24) is 15.0 Å². The van der Waals surface area contributed by atoms with E-state index >= 15 is 0 Å². The molecule has 0 N–H and O–H groups in total. The summed E-state index contributed by atoms with van der Waals surface area (Å²) < 4.78 is 31.1. The average Bonchev–Trinajstić information content (AvgIpc) is 3.51. The van der Waals surface area contributed by atoms with Gasteiger partial charge in [-0.05, 0) is 38.5 Å². The molecular formula is C44H39IrN3O-2. The number of nitrogens with zero attached hydrogens (tertiary/aromatic N) is 3. The van der Waals surface area contributed by atoms with Crippen LogP contribution in [0.5, 0.6) is 0 Å². The van der Waals surface area contributed by atoms with Crippen LogP contribution in [0.1, 0.15) is 62.5 Å². The summed E-state index contributed by atoms with van der Waals surface area (Å²) >= 11 is 0. The Bertz CT molecular complexity index is 2530. The molecule has 0 fully saturated rings. The molecule has 247 valence electrons. The van der Waals surface area contributed by atoms with E-state index in [0.717, 1.165) is 43.9 Å². The summed E-state index contributed by atoms with van der Waals surface area (Å²) in [5, 5.41) is 5.63. The minimum atomic E-state index is -2.31. The van der Waals surface area contributed by atoms with E-state index in [0.29, 0.717) is 27.8 Å². The van der Waals surface area contributed by atoms with Crippen LogP contribution in [0, 0.1) is 19.0 Å². The molecule has 0 saturated heterocycles. The van der Waals surface area contributed by atoms with Gasteiger partial charge in [-0.2, -0.15) is 0 Å². The number of furan rings is 1. The van der Waals surface area contributed by atoms with Crippen molar-refractivity contribution in [2.75, 3.05) is 0 Å². The Morgan fingerprint density at radius 1 is 0.673 bits per heavy atom. The third kappa shape index (κ3) is 6.66. The number of rotatable bonds is 2. The second-order valence-electron chi connectivity index (χ2n) is 14.2. The molecular weight excluding hydrogens is 779 g/mol. The zero-order chi connectivity index (χ0) is 36.1. The molecule has 8 rings (SSSR count). The van der Waals surface area contributed by atoms with Crippen LogP contribution in [0.25, 0.3) is 66.0 Å². The minimum Gasteiger partial charge on any atom is -0.500 e. The first-order chi connectivity index (χ1) is 24.2. The van der Waals surface area contributed by atoms with E-state index in [1.807, 2.05) is 60.8 Å². The molecule has 4 nitrogen and oxygen atoms in total. The molecule has 0 aliphatic carbocycles. The molecule has 3 heterocycles. The summed E-state index contributed by atoms with van der Waals surface area (Å²) in [4.78, 5) is 13.4. The van der Waals surface area contributed by atoms with Crippen LogP contribution in [0.4, 0.5) is 0 Å². The molecule has 5 heteroatoms. The van der Waals surface area contributed by atoms with E-state index in [-0.39, 0.29) is 36.5 Å². The van der Waals surface area contributed by atoms with Crippen molar-refractivity contribution in [1.29, 1.82) is 0 Å². The van der Waals surface area contributed by atoms with Gasteiger partial charge in [0.2, 0.25) is 0 Å². The van der Waals surface area contributed by atoms with Crippen LogP contribution >= 0.6 is 0 Å². The predicted octanol–water partition coefficient (Wildman–Crippen LogP) is 11.6. The third-order valence-corrected chi connectivity index (χ3v) is 8.74. The molecule has 3 aromatic heterocycles. The number of hydrogen-bond donors (Lipinski definition) is 0. The van der Waals surface area contributed by atoms with Crippen molar-refractivity contribution in [3.63, 3.8) is 0 Å². The van der Waals surface area contributed by atoms with Gasteiger partial charge in [0.05, 0.1) is 5.58 Å². The molecule has 0 aliphatic heterocycles. The normalized spacial score (nSPS) is 13.0. The number of benzene rings is 5. The SMILES string of the molecule is CC(C)(C)c1ccc(-c2[c-]cccc2)nc1.[2H]C([2H])([2H])c1c[c-]c(-c2cc(C(C)(C)C)ncn2)c2oc3c4ccc5ccccc5c4ccc3c12.[Ir]. The van der Waals surface area contributed by atoms with Gasteiger partial charge in [0.15, 0.2) is 0 Å². The first kappa shape index (κ1) is 30.4. The molecule has 49 heavy (non-hydrogen) atoms. The van der Waals surface area contributed by atoms with Gasteiger partial charge in [0, 0.05) is 52.3 Å². The molecule has 0 amide bonds. The molecule has 0 atom stereocenters. The van der Waals surface area contributed by atoms with Gasteiger partial charge in [-0.25, -0.2) is 4.98 Å². The zero-order valence-corrected chi connectivity index (χ0v) is 30.9. The summed E-state index contributed by atoms with van der Waals surface area (Å²) in [6.07, 6.45) is 3.49. The van der Waals surface area contributed by atoms with E-state index in [4.69, 9.17) is 8.53 Å². The van der Waals surface area contributed by atoms with Crippen LogP contribution in [-0.2, 0) is 30.9 Å². The van der Waals surface area contributed by atoms with Crippen LogP contribution in [0.15, 0.2) is 114 Å². The molecule has 0 bridgehead atoms. The van der Waals surface area contributed by atoms with Crippen molar-refractivity contribution < 1.29 is 28.6 Å². The Balaban J connectivity index is 0.000000230. The zero-order valence-electron chi connectivity index (χ0n) is 31.5. The fourth-order valence-corrected chi connectivity index (χ4v) is 6.01. The second kappa shape index (κ2) is 13.3. The number of aromatic nitrogens is 3. The maximum Gasteiger partial charge on any atom is 0.128 e. The maximum atomic E-state index is 8.18. The Hall–Kier alpha value is -4.70. The molecule has 5 aromatic carbocycles. The van der Waals surface area contributed by atoms with Crippen molar-refractivity contribution in [2.45, 2.75) is 59.2 Å². The van der Waals surface area contributed by atoms with Gasteiger partial charge in [-0.1, -0.05) is 126 Å². The van der Waals surface area contributed by atoms with Gasteiger partial charge in [0.25, 0.3) is 0 Å². The molecule has 0 unspecified atom stereocenters. The number of hydrogen-bond acceptors (Lipinski definition) is 4. The van der Waals surface area contributed by atoms with Crippen LogP contribution < -0.4 is 0 Å². The van der Waals surface area contributed by atoms with E-state index in [1.165, 1.54) is 11.9 Å². The molecule has 8 aromatic rings. The standard InChI is InChI=1S/C29H23N2O.C15H16N.Ir/c1-17-9-11-22(24-15-25(29(2,3)4)31-16-30-24)28-26(17)23-14-13-20-19-8-6-5-7-18(19)10-12-21(20)27(23)32-28;1-15(2,3)13-9-10-14(16-11-13)12-7-5-4-6-8-12;/h5-10,12-16H,1-4H3;4-7,9-11H,1-3H3;/q2*-1;/i1D3;;. The molecule has 0 aliphatic rings. The van der Waals surface area contributed by atoms with Crippen molar-refractivity contribution in [2.24, 2.45) is 0 Å². The second-order valence-corrected chi connectivity index (χ2v) is 14.2. The third-order valence-electron chi connectivity index (χ3n) is 8.74. The summed E-state index contributed by atoms with van der Waals surface area (Å²) in [5.41, 5.74) is 6.81. The first-order valence-electron chi connectivity index (χ1n) is 17.7. The van der Waals surface area contributed by atoms with Crippen LogP contribution in [0.3, 0.4) is 0 Å². The Kier molecular flexibility index (Phi) is 8.25. The predicted molar refractivity (Wildman–Crippen MR) is 199 cm³/mol. The molecule has 0 saturated carbocycles. The van der Waals surface area contributed by atoms with Crippen LogP contribution in [-0.4, -0.2) is 15.0 Å². The number of pyridine rings is 1. The van der Waals surface area contributed by atoms with E-state index < -0.39 is 6.85 Å². The molecule has 1 radical (unpaired) electrons. The maximum absolute atomic E-state index is 8.18. The fourth-order valence-electron chi connectivity index (χ4n) is 6.01. The first-order valence-corrected chi connectivity index (χ1v) is 16.2. The number of aryl methyl sites for hydroxylation is 1. The van der Waals surface area contributed by atoms with E-state index in [1.54, 1.807) is 6.07 Å². The summed E-state index contributed by atoms with van der Waals surface area (Å²) in [6, 6.07) is 38.3. The average molecular weight is 821 g/mol. The van der Waals surface area contributed by atoms with Crippen molar-refractivity contribution >= 4 is 43.5 Å². The van der Waals surface area contributed by atoms with Gasteiger partial charge in [-0.15, -0.1) is 53.6 Å². The smallest absolute Gasteiger partial charge is 0.128 e. The summed E-state index contributed by atoms with van der Waals surface area (Å²) in [7, 11) is 0. The van der Waals surface area contributed by atoms with Crippen molar-refractivity contribution in [3.8, 4) is 22.5 Å². The van der Waals surface area contributed by atoms with Crippen LogP contribution in [0.2, 0.25) is 0 Å². The van der Waals surface area contributed by atoms with E-state index in [9.17, 15) is 0 Å². The quantitative estimate of drug-likeness (QED) is 0.129. The van der Waals surface area contributed by atoms with E-state index in [2.05, 4.69) is 105 Å². The fraction of sp³-hybridized carbons (Fsp3) is 0.205. The van der Waals surface area contributed by atoms with Gasteiger partial charge < -0.3 is 9.40 Å².